The summed E-state index contributed by atoms with van der Waals surface area (Å²) < 4.78 is 5.65. The first-order valence-electron chi connectivity index (χ1n) is 9.42. The lowest BCUT2D eigenvalue weighted by atomic mass is 9.89. The van der Waals surface area contributed by atoms with Crippen molar-refractivity contribution < 1.29 is 9.53 Å². The Morgan fingerprint density at radius 2 is 1.88 bits per heavy atom. The molecule has 2 aliphatic rings. The summed E-state index contributed by atoms with van der Waals surface area (Å²) in [5.41, 5.74) is 2.33. The Morgan fingerprint density at radius 3 is 2.56 bits per heavy atom. The minimum Gasteiger partial charge on any atom is -0.377 e. The second kappa shape index (κ2) is 10.1. The van der Waals surface area contributed by atoms with Crippen LogP contribution in [0.2, 0.25) is 0 Å². The molecule has 0 saturated carbocycles. The molecule has 1 amide bonds. The first kappa shape index (κ1) is 20.2. The molecule has 0 aromatic heterocycles. The first-order chi connectivity index (χ1) is 11.7. The number of hydrogen-bond acceptors (Lipinski definition) is 3. The lowest BCUT2D eigenvalue weighted by Crippen LogP contribution is -2.39. The summed E-state index contributed by atoms with van der Waals surface area (Å²) in [6.07, 6.45) is 6.58. The lowest BCUT2D eigenvalue weighted by Gasteiger charge is -2.28. The zero-order valence-electron chi connectivity index (χ0n) is 15.1. The van der Waals surface area contributed by atoms with Gasteiger partial charge in [-0.25, -0.2) is 0 Å². The fraction of sp³-hybridized carbons (Fsp3) is 0.650. The van der Waals surface area contributed by atoms with Crippen LogP contribution >= 0.6 is 12.4 Å². The van der Waals surface area contributed by atoms with Crippen LogP contribution in [0.1, 0.15) is 56.6 Å². The molecule has 2 aliphatic heterocycles. The molecule has 140 valence electrons. The van der Waals surface area contributed by atoms with E-state index in [1.807, 2.05) is 12.1 Å². The van der Waals surface area contributed by atoms with Gasteiger partial charge in [0, 0.05) is 31.7 Å². The second-order valence-electron chi connectivity index (χ2n) is 7.28. The van der Waals surface area contributed by atoms with Gasteiger partial charge in [0.2, 0.25) is 5.91 Å². The summed E-state index contributed by atoms with van der Waals surface area (Å²) in [6.45, 7) is 4.11. The van der Waals surface area contributed by atoms with Crippen LogP contribution in [0.4, 0.5) is 0 Å². The quantitative estimate of drug-likeness (QED) is 0.691. The molecule has 2 heterocycles. The molecule has 2 saturated heterocycles. The van der Waals surface area contributed by atoms with Crippen molar-refractivity contribution in [3.63, 3.8) is 0 Å². The van der Waals surface area contributed by atoms with E-state index in [0.717, 1.165) is 31.4 Å². The molecule has 0 spiro atoms. The molecule has 0 aliphatic carbocycles. The van der Waals surface area contributed by atoms with Crippen LogP contribution in [0.5, 0.6) is 0 Å². The molecule has 2 unspecified atom stereocenters. The minimum atomic E-state index is 0. The van der Waals surface area contributed by atoms with Gasteiger partial charge >= 0.3 is 0 Å². The number of carbonyl (C=O) groups is 1. The molecule has 4 nitrogen and oxygen atoms in total. The summed E-state index contributed by atoms with van der Waals surface area (Å²) in [5, 5.41) is 6.75. The number of carbonyl (C=O) groups excluding carboxylic acids is 1. The van der Waals surface area contributed by atoms with Gasteiger partial charge in [0.15, 0.2) is 0 Å². The van der Waals surface area contributed by atoms with Crippen molar-refractivity contribution in [1.29, 1.82) is 0 Å². The molecule has 2 N–H and O–H groups in total. The lowest BCUT2D eigenvalue weighted by molar-refractivity contribution is -0.122. The van der Waals surface area contributed by atoms with Gasteiger partial charge in [0.1, 0.15) is 0 Å². The highest BCUT2D eigenvalue weighted by Gasteiger charge is 2.34. The Labute approximate surface area is 157 Å². The average molecular weight is 367 g/mol. The van der Waals surface area contributed by atoms with Crippen molar-refractivity contribution in [1.82, 2.24) is 10.6 Å². The van der Waals surface area contributed by atoms with Crippen molar-refractivity contribution in [2.45, 2.75) is 70.7 Å². The van der Waals surface area contributed by atoms with Crippen LogP contribution in [0.3, 0.4) is 0 Å². The Morgan fingerprint density at radius 1 is 1.20 bits per heavy atom. The van der Waals surface area contributed by atoms with Crippen LogP contribution in [0.15, 0.2) is 24.3 Å². The molecule has 2 bridgehead atoms. The van der Waals surface area contributed by atoms with Gasteiger partial charge in [0.05, 0.1) is 6.61 Å². The second-order valence-corrected chi connectivity index (χ2v) is 7.28. The monoisotopic (exact) mass is 366 g/mol. The summed E-state index contributed by atoms with van der Waals surface area (Å²) in [4.78, 5) is 12.3. The molecule has 3 rings (SSSR count). The predicted molar refractivity (Wildman–Crippen MR) is 103 cm³/mol. The molecule has 25 heavy (non-hydrogen) atoms. The Bertz CT molecular complexity index is 540. The number of hydrogen-bond donors (Lipinski definition) is 2. The van der Waals surface area contributed by atoms with E-state index >= 15 is 0 Å². The standard InChI is InChI=1S/C20H30N2O2.ClH/c1-2-9-24-14-17-6-4-3-5-16(17)13-21-20(23)12-15-10-18-7-8-19(11-15)22-18;/h3-6,15,18-19,22H,2,7-14H2,1H3,(H,21,23);1H. The average Bonchev–Trinajstić information content (AvgIpc) is 2.93. The van der Waals surface area contributed by atoms with E-state index in [9.17, 15) is 4.79 Å². The van der Waals surface area contributed by atoms with E-state index in [1.54, 1.807) is 0 Å². The molecule has 0 radical (unpaired) electrons. The maximum Gasteiger partial charge on any atom is 0.220 e. The van der Waals surface area contributed by atoms with Crippen molar-refractivity contribution in [3.05, 3.63) is 35.4 Å². The zero-order valence-corrected chi connectivity index (χ0v) is 15.9. The molecule has 1 aromatic carbocycles. The van der Waals surface area contributed by atoms with Crippen LogP contribution in [-0.4, -0.2) is 24.6 Å². The fourth-order valence-corrected chi connectivity index (χ4v) is 4.07. The van der Waals surface area contributed by atoms with Gasteiger partial charge in [-0.2, -0.15) is 0 Å². The maximum absolute atomic E-state index is 12.3. The molecule has 5 heteroatoms. The highest BCUT2D eigenvalue weighted by molar-refractivity contribution is 5.85. The number of nitrogens with one attached hydrogen (secondary N) is 2. The largest absolute Gasteiger partial charge is 0.377 e. The van der Waals surface area contributed by atoms with E-state index in [1.165, 1.54) is 18.4 Å². The SMILES string of the molecule is CCCOCc1ccccc1CNC(=O)CC1CC2CCC(C1)N2.Cl. The normalized spacial score (nSPS) is 24.6. The Kier molecular flexibility index (Phi) is 8.20. The molecular formula is C20H31ClN2O2. The summed E-state index contributed by atoms with van der Waals surface area (Å²) >= 11 is 0. The van der Waals surface area contributed by atoms with Crippen molar-refractivity contribution in [2.24, 2.45) is 5.92 Å². The van der Waals surface area contributed by atoms with Crippen molar-refractivity contribution in [2.75, 3.05) is 6.61 Å². The highest BCUT2D eigenvalue weighted by Crippen LogP contribution is 2.32. The van der Waals surface area contributed by atoms with E-state index < -0.39 is 0 Å². The smallest absolute Gasteiger partial charge is 0.220 e. The number of halogens is 1. The zero-order chi connectivity index (χ0) is 16.8. The van der Waals surface area contributed by atoms with Crippen LogP contribution in [0, 0.1) is 5.92 Å². The minimum absolute atomic E-state index is 0. The number of amides is 1. The highest BCUT2D eigenvalue weighted by atomic mass is 35.5. The van der Waals surface area contributed by atoms with Crippen molar-refractivity contribution in [3.8, 4) is 0 Å². The number of rotatable bonds is 8. The number of fused-ring (bicyclic) bond motifs is 2. The maximum atomic E-state index is 12.3. The van der Waals surface area contributed by atoms with E-state index in [4.69, 9.17) is 4.74 Å². The first-order valence-corrected chi connectivity index (χ1v) is 9.42. The van der Waals surface area contributed by atoms with E-state index in [0.29, 0.717) is 37.6 Å². The molecule has 2 fully saturated rings. The van der Waals surface area contributed by atoms with Gasteiger partial charge in [-0.3, -0.25) is 4.79 Å². The Balaban J connectivity index is 0.00000225. The number of piperidine rings is 1. The van der Waals surface area contributed by atoms with Crippen LogP contribution < -0.4 is 10.6 Å². The van der Waals surface area contributed by atoms with Gasteiger partial charge in [-0.15, -0.1) is 12.4 Å². The predicted octanol–water partition coefficient (Wildman–Crippen LogP) is 3.57. The van der Waals surface area contributed by atoms with Crippen LogP contribution in [-0.2, 0) is 22.7 Å². The molecule has 2 atom stereocenters. The third-order valence-corrected chi connectivity index (χ3v) is 5.25. The number of benzene rings is 1. The summed E-state index contributed by atoms with van der Waals surface area (Å²) in [6, 6.07) is 9.52. The van der Waals surface area contributed by atoms with Gasteiger partial charge in [0.25, 0.3) is 0 Å². The fourth-order valence-electron chi connectivity index (χ4n) is 4.07. The number of ether oxygens (including phenoxy) is 1. The molecular weight excluding hydrogens is 336 g/mol. The summed E-state index contributed by atoms with van der Waals surface area (Å²) in [7, 11) is 0. The topological polar surface area (TPSA) is 50.4 Å². The van der Waals surface area contributed by atoms with Gasteiger partial charge in [-0.1, -0.05) is 31.2 Å². The van der Waals surface area contributed by atoms with Crippen LogP contribution in [0.25, 0.3) is 0 Å². The van der Waals surface area contributed by atoms with Gasteiger partial charge < -0.3 is 15.4 Å². The summed E-state index contributed by atoms with van der Waals surface area (Å²) in [5.74, 6) is 0.734. The Hall–Kier alpha value is -1.10. The van der Waals surface area contributed by atoms with E-state index in [-0.39, 0.29) is 18.3 Å². The third-order valence-electron chi connectivity index (χ3n) is 5.25. The third kappa shape index (κ3) is 5.98. The van der Waals surface area contributed by atoms with Gasteiger partial charge in [-0.05, 0) is 49.1 Å². The molecule has 1 aromatic rings. The van der Waals surface area contributed by atoms with Crippen molar-refractivity contribution >= 4 is 18.3 Å². The van der Waals surface area contributed by atoms with E-state index in [2.05, 4.69) is 29.7 Å².